The van der Waals surface area contributed by atoms with Crippen LogP contribution in [-0.4, -0.2) is 42.9 Å². The third-order valence-electron chi connectivity index (χ3n) is 5.27. The highest BCUT2D eigenvalue weighted by atomic mass is 79.9. The van der Waals surface area contributed by atoms with Gasteiger partial charge < -0.3 is 19.5 Å². The smallest absolute Gasteiger partial charge is 0.344 e. The van der Waals surface area contributed by atoms with E-state index in [1.165, 1.54) is 19.1 Å². The van der Waals surface area contributed by atoms with Crippen molar-refractivity contribution in [3.63, 3.8) is 0 Å². The molecule has 10 heteroatoms. The van der Waals surface area contributed by atoms with Gasteiger partial charge in [0.1, 0.15) is 11.6 Å². The normalized spacial score (nSPS) is 19.8. The molecule has 4 rings (SSSR count). The second kappa shape index (κ2) is 8.39. The number of ether oxygens (including phenoxy) is 3. The van der Waals surface area contributed by atoms with Gasteiger partial charge in [-0.3, -0.25) is 14.5 Å². The number of methoxy groups -OCH3 is 2. The molecule has 2 amide bonds. The fraction of sp³-hybridized carbons (Fsp3) is 0.286. The molecule has 162 valence electrons. The second-order valence-corrected chi connectivity index (χ2v) is 8.31. The number of carbonyl (C=O) groups is 3. The number of hydrogen-bond donors (Lipinski definition) is 1. The lowest BCUT2D eigenvalue weighted by Crippen LogP contribution is -2.43. The van der Waals surface area contributed by atoms with Crippen LogP contribution in [0.25, 0.3) is 0 Å². The first-order valence-electron chi connectivity index (χ1n) is 9.38. The minimum atomic E-state index is -1.03. The number of hydrogen-bond acceptors (Lipinski definition) is 6. The number of rotatable bonds is 5. The van der Waals surface area contributed by atoms with E-state index in [2.05, 4.69) is 21.2 Å². The van der Waals surface area contributed by atoms with Gasteiger partial charge in [-0.25, -0.2) is 4.79 Å². The third kappa shape index (κ3) is 3.72. The molecule has 8 nitrogen and oxygen atoms in total. The summed E-state index contributed by atoms with van der Waals surface area (Å²) >= 11 is 9.52. The first kappa shape index (κ1) is 21.5. The predicted molar refractivity (Wildman–Crippen MR) is 115 cm³/mol. The van der Waals surface area contributed by atoms with Gasteiger partial charge in [-0.05, 0) is 36.8 Å². The Morgan fingerprint density at radius 1 is 1.23 bits per heavy atom. The first-order chi connectivity index (χ1) is 14.8. The Bertz CT molecular complexity index is 1090. The molecule has 0 spiro atoms. The Kier molecular flexibility index (Phi) is 5.81. The number of benzene rings is 2. The van der Waals surface area contributed by atoms with E-state index in [9.17, 15) is 14.4 Å². The van der Waals surface area contributed by atoms with Crippen LogP contribution >= 0.6 is 27.5 Å². The van der Waals surface area contributed by atoms with Crippen molar-refractivity contribution < 1.29 is 28.6 Å². The van der Waals surface area contributed by atoms with Crippen LogP contribution in [-0.2, 0) is 14.3 Å². The summed E-state index contributed by atoms with van der Waals surface area (Å²) in [5.41, 5.74) is 1.04. The number of likely N-dealkylation sites (tertiary alicyclic amines) is 1. The van der Waals surface area contributed by atoms with E-state index in [0.29, 0.717) is 22.0 Å². The maximum atomic E-state index is 13.0. The molecule has 0 aliphatic carbocycles. The molecule has 0 aromatic heterocycles. The largest absolute Gasteiger partial charge is 0.493 e. The Hall–Kier alpha value is -2.78. The zero-order valence-electron chi connectivity index (χ0n) is 16.6. The molecular weight excluding hydrogens is 492 g/mol. The Balaban J connectivity index is 1.65. The molecule has 1 saturated heterocycles. The minimum absolute atomic E-state index is 0.156. The summed E-state index contributed by atoms with van der Waals surface area (Å²) in [6, 6.07) is 7.50. The lowest BCUT2D eigenvalue weighted by atomic mass is 10.1. The van der Waals surface area contributed by atoms with E-state index in [-0.39, 0.29) is 30.1 Å². The van der Waals surface area contributed by atoms with E-state index in [1.54, 1.807) is 30.3 Å². The summed E-state index contributed by atoms with van der Waals surface area (Å²) in [6.07, 6.45) is -0.591. The molecule has 2 aliphatic rings. The zero-order chi connectivity index (χ0) is 22.3. The molecule has 2 heterocycles. The van der Waals surface area contributed by atoms with Crippen molar-refractivity contribution in [2.45, 2.75) is 25.1 Å². The van der Waals surface area contributed by atoms with Gasteiger partial charge in [-0.1, -0.05) is 27.5 Å². The number of halogens is 2. The fourth-order valence-electron chi connectivity index (χ4n) is 3.85. The highest BCUT2D eigenvalue weighted by Gasteiger charge is 2.47. The number of cyclic esters (lactones) is 1. The first-order valence-corrected chi connectivity index (χ1v) is 10.6. The molecule has 0 saturated carbocycles. The van der Waals surface area contributed by atoms with Gasteiger partial charge in [-0.15, -0.1) is 0 Å². The third-order valence-corrected chi connectivity index (χ3v) is 6.07. The van der Waals surface area contributed by atoms with Crippen LogP contribution in [0.1, 0.15) is 35.0 Å². The number of esters is 1. The van der Waals surface area contributed by atoms with Gasteiger partial charge in [0.25, 0.3) is 0 Å². The van der Waals surface area contributed by atoms with Gasteiger partial charge >= 0.3 is 5.97 Å². The summed E-state index contributed by atoms with van der Waals surface area (Å²) in [5.74, 6) is -0.763. The van der Waals surface area contributed by atoms with Crippen LogP contribution < -0.4 is 14.8 Å². The molecule has 31 heavy (non-hydrogen) atoms. The zero-order valence-corrected chi connectivity index (χ0v) is 19.0. The predicted octanol–water partition coefficient (Wildman–Crippen LogP) is 3.92. The van der Waals surface area contributed by atoms with Crippen LogP contribution in [0, 0.1) is 0 Å². The van der Waals surface area contributed by atoms with Crippen LogP contribution in [0.4, 0.5) is 5.69 Å². The van der Waals surface area contributed by atoms with Gasteiger partial charge in [0.2, 0.25) is 18.0 Å². The summed E-state index contributed by atoms with van der Waals surface area (Å²) < 4.78 is 16.9. The van der Waals surface area contributed by atoms with E-state index < -0.39 is 24.1 Å². The summed E-state index contributed by atoms with van der Waals surface area (Å²) in [4.78, 5) is 39.6. The summed E-state index contributed by atoms with van der Waals surface area (Å²) in [5, 5.41) is 3.11. The van der Waals surface area contributed by atoms with E-state index in [1.807, 2.05) is 0 Å². The van der Waals surface area contributed by atoms with Gasteiger partial charge in [0.15, 0.2) is 11.5 Å². The Morgan fingerprint density at radius 3 is 2.68 bits per heavy atom. The monoisotopic (exact) mass is 508 g/mol. The molecule has 2 aliphatic heterocycles. The number of fused-ring (bicyclic) bond motifs is 1. The van der Waals surface area contributed by atoms with Crippen LogP contribution in [0.15, 0.2) is 34.8 Å². The molecular formula is C21H18BrClN2O6. The molecule has 0 bridgehead atoms. The van der Waals surface area contributed by atoms with Crippen LogP contribution in [0.2, 0.25) is 5.02 Å². The molecule has 2 atom stereocenters. The number of amides is 2. The lowest BCUT2D eigenvalue weighted by Gasteiger charge is -2.29. The quantitative estimate of drug-likeness (QED) is 0.614. The summed E-state index contributed by atoms with van der Waals surface area (Å²) in [7, 11) is 2.87. The number of nitrogens with zero attached hydrogens (tertiary/aromatic N) is 1. The maximum absolute atomic E-state index is 13.0. The van der Waals surface area contributed by atoms with Crippen LogP contribution in [0.5, 0.6) is 11.5 Å². The highest BCUT2D eigenvalue weighted by Crippen LogP contribution is 2.45. The van der Waals surface area contributed by atoms with Gasteiger partial charge in [0.05, 0.1) is 24.9 Å². The molecule has 0 unspecified atom stereocenters. The van der Waals surface area contributed by atoms with E-state index in [4.69, 9.17) is 25.8 Å². The molecule has 2 aromatic rings. The molecule has 0 radical (unpaired) electrons. The average Bonchev–Trinajstić information content (AvgIpc) is 3.29. The van der Waals surface area contributed by atoms with Gasteiger partial charge in [0, 0.05) is 16.5 Å². The van der Waals surface area contributed by atoms with E-state index in [0.717, 1.165) is 4.47 Å². The SMILES string of the molecule is COc1ccc2c(c1OC)C(=O)O[C@@H]2N1C(=O)CC[C@@H]1C(=O)Nc1ccc(Br)cc1Cl. The number of nitrogens with one attached hydrogen (secondary N) is 1. The molecule has 1 fully saturated rings. The topological polar surface area (TPSA) is 94.2 Å². The molecule has 2 aromatic carbocycles. The Labute approximate surface area is 191 Å². The van der Waals surface area contributed by atoms with E-state index >= 15 is 0 Å². The van der Waals surface area contributed by atoms with Crippen molar-refractivity contribution in [3.05, 3.63) is 51.0 Å². The van der Waals surface area contributed by atoms with Crippen molar-refractivity contribution in [2.24, 2.45) is 0 Å². The lowest BCUT2D eigenvalue weighted by molar-refractivity contribution is -0.144. The van der Waals surface area contributed by atoms with Crippen molar-refractivity contribution >= 4 is 51.0 Å². The highest BCUT2D eigenvalue weighted by molar-refractivity contribution is 9.10. The van der Waals surface area contributed by atoms with Crippen molar-refractivity contribution in [3.8, 4) is 11.5 Å². The summed E-state index contributed by atoms with van der Waals surface area (Å²) in [6.45, 7) is 0. The number of anilines is 1. The Morgan fingerprint density at radius 2 is 2.00 bits per heavy atom. The maximum Gasteiger partial charge on any atom is 0.344 e. The number of carbonyl (C=O) groups excluding carboxylic acids is 3. The van der Waals surface area contributed by atoms with Gasteiger partial charge in [-0.2, -0.15) is 0 Å². The minimum Gasteiger partial charge on any atom is -0.493 e. The van der Waals surface area contributed by atoms with Crippen LogP contribution in [0.3, 0.4) is 0 Å². The second-order valence-electron chi connectivity index (χ2n) is 6.99. The average molecular weight is 510 g/mol. The van der Waals surface area contributed by atoms with Crippen molar-refractivity contribution in [2.75, 3.05) is 19.5 Å². The standard InChI is InChI=1S/C21H18BrClN2O6/c1-29-15-7-4-11-17(18(15)30-2)21(28)31-20(11)25-14(6-8-16(25)26)19(27)24-13-5-3-10(22)9-12(13)23/h3-5,7,9,14,20H,6,8H2,1-2H3,(H,24,27)/t14-,20+/m1/s1. The fourth-order valence-corrected chi connectivity index (χ4v) is 4.57. The van der Waals surface area contributed by atoms with Crippen molar-refractivity contribution in [1.29, 1.82) is 0 Å². The molecule has 1 N–H and O–H groups in total. The van der Waals surface area contributed by atoms with Crippen molar-refractivity contribution in [1.82, 2.24) is 4.90 Å².